The monoisotopic (exact) mass is 517 g/mol. The number of pyridine rings is 2. The zero-order valence-corrected chi connectivity index (χ0v) is 21.0. The molecule has 0 saturated heterocycles. The third kappa shape index (κ3) is 5.60. The molecule has 1 aromatic carbocycles. The number of rotatable bonds is 7. The van der Waals surface area contributed by atoms with Crippen molar-refractivity contribution in [3.63, 3.8) is 0 Å². The summed E-state index contributed by atoms with van der Waals surface area (Å²) in [7, 11) is 0. The fourth-order valence-corrected chi connectivity index (χ4v) is 4.06. The summed E-state index contributed by atoms with van der Waals surface area (Å²) in [6, 6.07) is 8.30. The second-order valence-corrected chi connectivity index (χ2v) is 9.75. The van der Waals surface area contributed by atoms with Gasteiger partial charge >= 0.3 is 0 Å². The minimum atomic E-state index is -0.857. The summed E-state index contributed by atoms with van der Waals surface area (Å²) in [6.45, 7) is 5.27. The molecule has 0 spiro atoms. The minimum absolute atomic E-state index is 0.0300. The number of aromatic nitrogens is 4. The normalized spacial score (nSPS) is 11.7. The van der Waals surface area contributed by atoms with Crippen LogP contribution in [-0.4, -0.2) is 36.0 Å². The van der Waals surface area contributed by atoms with E-state index in [0.29, 0.717) is 35.3 Å². The molecule has 0 aliphatic rings. The average Bonchev–Trinajstić information content (AvgIpc) is 3.48. The molecule has 8 nitrogen and oxygen atoms in total. The molecule has 38 heavy (non-hydrogen) atoms. The van der Waals surface area contributed by atoms with Crippen molar-refractivity contribution in [1.29, 1.82) is 0 Å². The Morgan fingerprint density at radius 2 is 1.84 bits per heavy atom. The van der Waals surface area contributed by atoms with Crippen LogP contribution in [0.2, 0.25) is 0 Å². The Hall–Kier alpha value is -4.44. The number of imidazole rings is 1. The molecule has 2 N–H and O–H groups in total. The number of hydrogen-bond donors (Lipinski definition) is 2. The number of amides is 1. The van der Waals surface area contributed by atoms with Gasteiger partial charge in [-0.2, -0.15) is 0 Å². The minimum Gasteiger partial charge on any atom is -0.444 e. The molecular formula is C28H25F2N5O3. The van der Waals surface area contributed by atoms with Gasteiger partial charge in [-0.25, -0.2) is 18.7 Å². The second kappa shape index (κ2) is 9.79. The summed E-state index contributed by atoms with van der Waals surface area (Å²) in [4.78, 5) is 26.2. The molecule has 5 aromatic rings. The fourth-order valence-electron chi connectivity index (χ4n) is 4.06. The Bertz CT molecular complexity index is 1630. The smallest absolute Gasteiger partial charge is 0.277 e. The molecule has 1 amide bonds. The van der Waals surface area contributed by atoms with Gasteiger partial charge in [-0.15, -0.1) is 0 Å². The Morgan fingerprint density at radius 1 is 1.08 bits per heavy atom. The summed E-state index contributed by atoms with van der Waals surface area (Å²) in [5.41, 5.74) is 2.76. The predicted molar refractivity (Wildman–Crippen MR) is 138 cm³/mol. The van der Waals surface area contributed by atoms with Crippen molar-refractivity contribution < 1.29 is 23.1 Å². The van der Waals surface area contributed by atoms with Crippen LogP contribution in [0.5, 0.6) is 0 Å². The van der Waals surface area contributed by atoms with Gasteiger partial charge in [-0.05, 0) is 69.5 Å². The van der Waals surface area contributed by atoms with Crippen LogP contribution in [0.4, 0.5) is 14.5 Å². The maximum absolute atomic E-state index is 14.1. The molecule has 0 bridgehead atoms. The molecule has 10 heteroatoms. The molecule has 0 saturated carbocycles. The molecule has 194 valence electrons. The first-order chi connectivity index (χ1) is 18.0. The highest BCUT2D eigenvalue weighted by molar-refractivity contribution is 6.05. The van der Waals surface area contributed by atoms with E-state index in [0.717, 1.165) is 17.5 Å². The summed E-state index contributed by atoms with van der Waals surface area (Å²) < 4.78 is 35.4. The van der Waals surface area contributed by atoms with Gasteiger partial charge in [0.15, 0.2) is 5.69 Å². The van der Waals surface area contributed by atoms with E-state index in [4.69, 9.17) is 4.42 Å². The van der Waals surface area contributed by atoms with E-state index in [1.165, 1.54) is 18.4 Å². The Labute approximate surface area is 217 Å². The lowest BCUT2D eigenvalue weighted by molar-refractivity contribution is 0.0711. The summed E-state index contributed by atoms with van der Waals surface area (Å²) >= 11 is 0. The van der Waals surface area contributed by atoms with Crippen molar-refractivity contribution in [2.75, 3.05) is 5.32 Å². The number of anilines is 1. The highest BCUT2D eigenvalue weighted by Crippen LogP contribution is 2.32. The van der Waals surface area contributed by atoms with Crippen molar-refractivity contribution in [1.82, 2.24) is 19.4 Å². The largest absolute Gasteiger partial charge is 0.444 e. The number of halogens is 2. The summed E-state index contributed by atoms with van der Waals surface area (Å²) in [6.07, 6.45) is 7.29. The van der Waals surface area contributed by atoms with Gasteiger partial charge in [0.1, 0.15) is 23.5 Å². The van der Waals surface area contributed by atoms with E-state index in [1.807, 2.05) is 6.92 Å². The van der Waals surface area contributed by atoms with Crippen LogP contribution < -0.4 is 5.32 Å². The molecule has 4 heterocycles. The quantitative estimate of drug-likeness (QED) is 0.291. The lowest BCUT2D eigenvalue weighted by Crippen LogP contribution is -2.19. The highest BCUT2D eigenvalue weighted by Gasteiger charge is 2.19. The fraction of sp³-hybridized carbons (Fsp3) is 0.214. The van der Waals surface area contributed by atoms with Gasteiger partial charge in [-0.1, -0.05) is 0 Å². The molecule has 0 atom stereocenters. The molecule has 0 fully saturated rings. The van der Waals surface area contributed by atoms with Crippen LogP contribution in [0.3, 0.4) is 0 Å². The first-order valence-corrected chi connectivity index (χ1v) is 11.9. The number of nitrogens with one attached hydrogen (secondary N) is 1. The van der Waals surface area contributed by atoms with Crippen LogP contribution in [0, 0.1) is 18.6 Å². The zero-order chi connectivity index (χ0) is 27.0. The van der Waals surface area contributed by atoms with Crippen molar-refractivity contribution in [3.8, 4) is 22.6 Å². The Balaban J connectivity index is 1.51. The van der Waals surface area contributed by atoms with Crippen LogP contribution in [-0.2, 0) is 6.42 Å². The predicted octanol–water partition coefficient (Wildman–Crippen LogP) is 5.59. The molecule has 0 aliphatic heterocycles. The summed E-state index contributed by atoms with van der Waals surface area (Å²) in [5, 5.41) is 12.9. The van der Waals surface area contributed by atoms with E-state index in [1.54, 1.807) is 55.0 Å². The van der Waals surface area contributed by atoms with Gasteiger partial charge in [0.2, 0.25) is 5.89 Å². The van der Waals surface area contributed by atoms with Gasteiger partial charge < -0.3 is 19.2 Å². The number of oxazole rings is 1. The molecule has 5 rings (SSSR count). The van der Waals surface area contributed by atoms with Crippen LogP contribution in [0.15, 0.2) is 65.7 Å². The van der Waals surface area contributed by atoms with E-state index >= 15 is 0 Å². The van der Waals surface area contributed by atoms with Crippen LogP contribution in [0.1, 0.15) is 42.1 Å². The van der Waals surface area contributed by atoms with Gasteiger partial charge in [0, 0.05) is 41.5 Å². The number of hydrogen-bond acceptors (Lipinski definition) is 6. The topological polar surface area (TPSA) is 106 Å². The number of carbonyl (C=O) groups excluding carboxylic acids is 1. The molecule has 0 radical (unpaired) electrons. The molecule has 4 aromatic heterocycles. The maximum Gasteiger partial charge on any atom is 0.277 e. The molecule has 0 aliphatic carbocycles. The highest BCUT2D eigenvalue weighted by atomic mass is 19.1. The molecule has 0 unspecified atom stereocenters. The van der Waals surface area contributed by atoms with E-state index < -0.39 is 23.1 Å². The Kier molecular flexibility index (Phi) is 6.50. The van der Waals surface area contributed by atoms with Crippen molar-refractivity contribution in [3.05, 3.63) is 90.0 Å². The third-order valence-electron chi connectivity index (χ3n) is 5.94. The number of fused-ring (bicyclic) bond motifs is 1. The SMILES string of the molecule is Cc1cc(-c2nc(C(=O)Nc3cn4cc(CCC(C)(C)O)nc4cc3-c3cc(F)cc(F)c3)co2)ccn1. The zero-order valence-electron chi connectivity index (χ0n) is 21.0. The lowest BCUT2D eigenvalue weighted by atomic mass is 10.0. The van der Waals surface area contributed by atoms with Crippen molar-refractivity contribution in [2.45, 2.75) is 39.2 Å². The first kappa shape index (κ1) is 25.2. The maximum atomic E-state index is 14.1. The van der Waals surface area contributed by atoms with Crippen LogP contribution >= 0.6 is 0 Å². The van der Waals surface area contributed by atoms with Crippen molar-refractivity contribution in [2.24, 2.45) is 0 Å². The number of aliphatic hydroxyl groups is 1. The number of nitrogens with zero attached hydrogens (tertiary/aromatic N) is 4. The number of aryl methyl sites for hydroxylation is 2. The van der Waals surface area contributed by atoms with Crippen LogP contribution in [0.25, 0.3) is 28.2 Å². The van der Waals surface area contributed by atoms with Crippen molar-refractivity contribution >= 4 is 17.2 Å². The standard InChI is InChI=1S/C28H25F2N5O3/c1-16-8-17(5-7-31-16)27-34-24(15-38-27)26(36)33-23-14-35-13-21(4-6-28(2,3)37)32-25(35)12-22(23)18-9-19(29)11-20(30)10-18/h5,7-15,37H,4,6H2,1-3H3,(H,33,36). The molecular weight excluding hydrogens is 492 g/mol. The van der Waals surface area contributed by atoms with E-state index in [9.17, 15) is 18.7 Å². The average molecular weight is 518 g/mol. The lowest BCUT2D eigenvalue weighted by Gasteiger charge is -2.15. The Morgan fingerprint density at radius 3 is 2.55 bits per heavy atom. The van der Waals surface area contributed by atoms with Gasteiger partial charge in [-0.3, -0.25) is 9.78 Å². The number of carbonyl (C=O) groups is 1. The van der Waals surface area contributed by atoms with E-state index in [-0.39, 0.29) is 17.1 Å². The summed E-state index contributed by atoms with van der Waals surface area (Å²) in [5.74, 6) is -1.81. The van der Waals surface area contributed by atoms with Gasteiger partial charge in [0.25, 0.3) is 5.91 Å². The van der Waals surface area contributed by atoms with Gasteiger partial charge in [0.05, 0.1) is 17.0 Å². The first-order valence-electron chi connectivity index (χ1n) is 11.9. The van der Waals surface area contributed by atoms with E-state index in [2.05, 4.69) is 20.3 Å². The second-order valence-electron chi connectivity index (χ2n) is 9.75. The third-order valence-corrected chi connectivity index (χ3v) is 5.94. The number of benzene rings is 1.